The third-order valence-electron chi connectivity index (χ3n) is 4.49. The molecule has 0 spiro atoms. The van der Waals surface area contributed by atoms with Gasteiger partial charge in [-0.2, -0.15) is 0 Å². The van der Waals surface area contributed by atoms with Crippen molar-refractivity contribution >= 4 is 16.9 Å². The lowest BCUT2D eigenvalue weighted by Gasteiger charge is -2.13. The zero-order valence-electron chi connectivity index (χ0n) is 15.2. The molecule has 25 heavy (non-hydrogen) atoms. The smallest absolute Gasteiger partial charge is 0.220 e. The lowest BCUT2D eigenvalue weighted by Crippen LogP contribution is -2.24. The van der Waals surface area contributed by atoms with Gasteiger partial charge in [-0.05, 0) is 43.5 Å². The van der Waals surface area contributed by atoms with Crippen LogP contribution in [0, 0.1) is 13.8 Å². The molecule has 0 aliphatic heterocycles. The Morgan fingerprint density at radius 1 is 1.16 bits per heavy atom. The summed E-state index contributed by atoms with van der Waals surface area (Å²) in [4.78, 5) is 16.6. The Labute approximate surface area is 148 Å². The average molecular weight is 335 g/mol. The van der Waals surface area contributed by atoms with E-state index >= 15 is 0 Å². The number of benzene rings is 2. The third-order valence-corrected chi connectivity index (χ3v) is 4.49. The second-order valence-corrected chi connectivity index (χ2v) is 6.56. The van der Waals surface area contributed by atoms with Crippen LogP contribution < -0.4 is 5.32 Å². The molecule has 0 saturated carbocycles. The molecular formula is C21H25N3O. The molecule has 1 heterocycles. The molecule has 2 aromatic carbocycles. The van der Waals surface area contributed by atoms with Gasteiger partial charge in [-0.25, -0.2) is 4.98 Å². The zero-order valence-corrected chi connectivity index (χ0v) is 15.2. The maximum atomic E-state index is 11.9. The first-order valence-electron chi connectivity index (χ1n) is 8.85. The summed E-state index contributed by atoms with van der Waals surface area (Å²) in [5.74, 6) is 0.972. The predicted octanol–water partition coefficient (Wildman–Crippen LogP) is 4.12. The zero-order chi connectivity index (χ0) is 17.8. The largest absolute Gasteiger partial charge is 0.349 e. The molecule has 0 unspecified atom stereocenters. The Kier molecular flexibility index (Phi) is 5.17. The molecule has 1 aromatic heterocycles. The van der Waals surface area contributed by atoms with Gasteiger partial charge in [-0.1, -0.05) is 42.8 Å². The van der Waals surface area contributed by atoms with Crippen molar-refractivity contribution in [3.8, 4) is 0 Å². The minimum absolute atomic E-state index is 0.0767. The number of hydrogen-bond acceptors (Lipinski definition) is 2. The Bertz CT molecular complexity index is 895. The molecule has 1 amide bonds. The van der Waals surface area contributed by atoms with Crippen molar-refractivity contribution < 1.29 is 4.79 Å². The van der Waals surface area contributed by atoms with Crippen molar-refractivity contribution in [1.29, 1.82) is 0 Å². The summed E-state index contributed by atoms with van der Waals surface area (Å²) in [5, 5.41) is 2.99. The van der Waals surface area contributed by atoms with E-state index in [9.17, 15) is 4.79 Å². The molecule has 4 heteroatoms. The lowest BCUT2D eigenvalue weighted by atomic mass is 10.1. The molecule has 0 saturated heterocycles. The Balaban J connectivity index is 1.95. The fourth-order valence-corrected chi connectivity index (χ4v) is 3.07. The maximum absolute atomic E-state index is 11.9. The molecule has 0 atom stereocenters. The number of hydrogen-bond donors (Lipinski definition) is 1. The van der Waals surface area contributed by atoms with Crippen molar-refractivity contribution in [2.45, 2.75) is 46.7 Å². The SMILES string of the molecule is CCCC(=O)NCc1nc2ccccc2n1Cc1cc(C)ccc1C. The van der Waals surface area contributed by atoms with Crippen LogP contribution in [0.15, 0.2) is 42.5 Å². The molecule has 4 nitrogen and oxygen atoms in total. The molecular weight excluding hydrogens is 310 g/mol. The number of carbonyl (C=O) groups excluding carboxylic acids is 1. The Morgan fingerprint density at radius 2 is 1.96 bits per heavy atom. The van der Waals surface area contributed by atoms with Gasteiger partial charge in [0.25, 0.3) is 0 Å². The highest BCUT2D eigenvalue weighted by Crippen LogP contribution is 2.20. The van der Waals surface area contributed by atoms with Crippen molar-refractivity contribution in [3.05, 3.63) is 65.0 Å². The number of amides is 1. The van der Waals surface area contributed by atoms with E-state index in [1.807, 2.05) is 25.1 Å². The van der Waals surface area contributed by atoms with Crippen molar-refractivity contribution in [1.82, 2.24) is 14.9 Å². The minimum atomic E-state index is 0.0767. The number of nitrogens with zero attached hydrogens (tertiary/aromatic N) is 2. The molecule has 0 aliphatic carbocycles. The van der Waals surface area contributed by atoms with E-state index in [1.54, 1.807) is 0 Å². The van der Waals surface area contributed by atoms with E-state index in [1.165, 1.54) is 16.7 Å². The van der Waals surface area contributed by atoms with E-state index in [-0.39, 0.29) is 5.91 Å². The number of carbonyl (C=O) groups is 1. The molecule has 130 valence electrons. The fraction of sp³-hybridized carbons (Fsp3) is 0.333. The van der Waals surface area contributed by atoms with Crippen LogP contribution in [0.3, 0.4) is 0 Å². The second-order valence-electron chi connectivity index (χ2n) is 6.56. The molecule has 0 radical (unpaired) electrons. The Hall–Kier alpha value is -2.62. The maximum Gasteiger partial charge on any atom is 0.220 e. The number of fused-ring (bicyclic) bond motifs is 1. The van der Waals surface area contributed by atoms with Crippen molar-refractivity contribution in [3.63, 3.8) is 0 Å². The topological polar surface area (TPSA) is 46.9 Å². The van der Waals surface area contributed by atoms with Crippen LogP contribution in [-0.4, -0.2) is 15.5 Å². The fourth-order valence-electron chi connectivity index (χ4n) is 3.07. The normalized spacial score (nSPS) is 11.0. The average Bonchev–Trinajstić information content (AvgIpc) is 2.94. The monoisotopic (exact) mass is 335 g/mol. The van der Waals surface area contributed by atoms with Crippen LogP contribution in [0.2, 0.25) is 0 Å². The summed E-state index contributed by atoms with van der Waals surface area (Å²) in [6.45, 7) is 7.47. The van der Waals surface area contributed by atoms with Gasteiger partial charge in [0.2, 0.25) is 5.91 Å². The summed E-state index contributed by atoms with van der Waals surface area (Å²) < 4.78 is 2.21. The number of aryl methyl sites for hydroxylation is 2. The van der Waals surface area contributed by atoms with Gasteiger partial charge in [0.05, 0.1) is 17.6 Å². The van der Waals surface area contributed by atoms with Gasteiger partial charge in [0.1, 0.15) is 5.82 Å². The van der Waals surface area contributed by atoms with Gasteiger partial charge in [-0.15, -0.1) is 0 Å². The van der Waals surface area contributed by atoms with Gasteiger partial charge in [0, 0.05) is 13.0 Å². The molecule has 0 fully saturated rings. The van der Waals surface area contributed by atoms with E-state index in [4.69, 9.17) is 4.98 Å². The standard InChI is InChI=1S/C21H25N3O/c1-4-7-21(25)22-13-20-23-18-8-5-6-9-19(18)24(20)14-17-12-15(2)10-11-16(17)3/h5-6,8-12H,4,7,13-14H2,1-3H3,(H,22,25). The summed E-state index contributed by atoms with van der Waals surface area (Å²) in [6, 6.07) is 14.7. The number of aromatic nitrogens is 2. The number of rotatable bonds is 6. The number of nitrogens with one attached hydrogen (secondary N) is 1. The van der Waals surface area contributed by atoms with E-state index in [2.05, 4.69) is 48.0 Å². The highest BCUT2D eigenvalue weighted by Gasteiger charge is 2.13. The van der Waals surface area contributed by atoms with Crippen LogP contribution in [0.1, 0.15) is 42.3 Å². The van der Waals surface area contributed by atoms with E-state index < -0.39 is 0 Å². The van der Waals surface area contributed by atoms with Crippen LogP contribution in [0.4, 0.5) is 0 Å². The van der Waals surface area contributed by atoms with Gasteiger partial charge >= 0.3 is 0 Å². The van der Waals surface area contributed by atoms with Gasteiger partial charge < -0.3 is 9.88 Å². The highest BCUT2D eigenvalue weighted by molar-refractivity contribution is 5.77. The summed E-state index contributed by atoms with van der Waals surface area (Å²) in [6.07, 6.45) is 1.40. The first kappa shape index (κ1) is 17.2. The minimum Gasteiger partial charge on any atom is -0.349 e. The van der Waals surface area contributed by atoms with Crippen LogP contribution in [0.5, 0.6) is 0 Å². The van der Waals surface area contributed by atoms with Gasteiger partial charge in [-0.3, -0.25) is 4.79 Å². The third kappa shape index (κ3) is 3.90. The lowest BCUT2D eigenvalue weighted by molar-refractivity contribution is -0.121. The predicted molar refractivity (Wildman–Crippen MR) is 102 cm³/mol. The molecule has 3 rings (SSSR count). The summed E-state index contributed by atoms with van der Waals surface area (Å²) >= 11 is 0. The van der Waals surface area contributed by atoms with Crippen LogP contribution >= 0.6 is 0 Å². The van der Waals surface area contributed by atoms with Gasteiger partial charge in [0.15, 0.2) is 0 Å². The van der Waals surface area contributed by atoms with Crippen LogP contribution in [-0.2, 0) is 17.9 Å². The van der Waals surface area contributed by atoms with E-state index in [0.29, 0.717) is 13.0 Å². The van der Waals surface area contributed by atoms with Crippen molar-refractivity contribution in [2.24, 2.45) is 0 Å². The second kappa shape index (κ2) is 7.51. The number of imidazole rings is 1. The first-order chi connectivity index (χ1) is 12.1. The van der Waals surface area contributed by atoms with Crippen LogP contribution in [0.25, 0.3) is 11.0 Å². The summed E-state index contributed by atoms with van der Waals surface area (Å²) in [5.41, 5.74) is 5.87. The Morgan fingerprint density at radius 3 is 2.76 bits per heavy atom. The molecule has 0 aliphatic rings. The molecule has 3 aromatic rings. The molecule has 1 N–H and O–H groups in total. The number of para-hydroxylation sites is 2. The quantitative estimate of drug-likeness (QED) is 0.736. The first-order valence-corrected chi connectivity index (χ1v) is 8.85. The highest BCUT2D eigenvalue weighted by atomic mass is 16.1. The summed E-state index contributed by atoms with van der Waals surface area (Å²) in [7, 11) is 0. The van der Waals surface area contributed by atoms with Crippen molar-refractivity contribution in [2.75, 3.05) is 0 Å². The van der Waals surface area contributed by atoms with E-state index in [0.717, 1.165) is 29.8 Å². The molecule has 0 bridgehead atoms.